The molecule has 0 radical (unpaired) electrons. The number of nitrogens with zero attached hydrogens (tertiary/aromatic N) is 1. The second kappa shape index (κ2) is 6.21. The first-order valence-electron chi connectivity index (χ1n) is 7.49. The van der Waals surface area contributed by atoms with Gasteiger partial charge >= 0.3 is 0 Å². The Labute approximate surface area is 128 Å². The molecule has 110 valence electrons. The monoisotopic (exact) mass is 291 g/mol. The maximum atomic E-state index is 12.4. The number of anilines is 1. The lowest BCUT2D eigenvalue weighted by atomic mass is 9.92. The van der Waals surface area contributed by atoms with E-state index in [2.05, 4.69) is 58.5 Å². The Balaban J connectivity index is 2.51. The van der Waals surface area contributed by atoms with E-state index in [0.29, 0.717) is 24.2 Å². The van der Waals surface area contributed by atoms with Gasteiger partial charge in [0, 0.05) is 13.0 Å². The van der Waals surface area contributed by atoms with Gasteiger partial charge in [0.05, 0.1) is 5.69 Å². The molecule has 0 aromatic heterocycles. The standard InChI is InChI=1S/C17H25NOS/c1-11(2)14-6-5-7-15(12(3)4)17(14)18-9-13(10-20)8-16(18)19/h5-7,11-13,20H,8-10H2,1-4H3. The molecule has 0 spiro atoms. The molecule has 0 N–H and O–H groups in total. The Bertz CT molecular complexity index is 470. The van der Waals surface area contributed by atoms with Gasteiger partial charge in [0.25, 0.3) is 0 Å². The smallest absolute Gasteiger partial charge is 0.227 e. The van der Waals surface area contributed by atoms with Gasteiger partial charge in [-0.1, -0.05) is 45.9 Å². The lowest BCUT2D eigenvalue weighted by Crippen LogP contribution is -2.27. The minimum Gasteiger partial charge on any atom is -0.312 e. The van der Waals surface area contributed by atoms with E-state index in [-0.39, 0.29) is 5.91 Å². The Hall–Kier alpha value is -0.960. The van der Waals surface area contributed by atoms with E-state index in [9.17, 15) is 4.79 Å². The first kappa shape index (κ1) is 15.4. The first-order chi connectivity index (χ1) is 9.45. The number of rotatable bonds is 4. The van der Waals surface area contributed by atoms with E-state index in [1.807, 2.05) is 4.90 Å². The van der Waals surface area contributed by atoms with Crippen molar-refractivity contribution in [2.75, 3.05) is 17.2 Å². The van der Waals surface area contributed by atoms with Crippen LogP contribution in [0.15, 0.2) is 18.2 Å². The summed E-state index contributed by atoms with van der Waals surface area (Å²) in [6, 6.07) is 6.44. The molecule has 1 aliphatic rings. The van der Waals surface area contributed by atoms with Crippen LogP contribution in [0.4, 0.5) is 5.69 Å². The number of hydrogen-bond donors (Lipinski definition) is 1. The van der Waals surface area contributed by atoms with Crippen LogP contribution in [0.3, 0.4) is 0 Å². The average Bonchev–Trinajstić information content (AvgIpc) is 2.78. The zero-order valence-electron chi connectivity index (χ0n) is 12.9. The quantitative estimate of drug-likeness (QED) is 0.824. The number of hydrogen-bond acceptors (Lipinski definition) is 2. The van der Waals surface area contributed by atoms with Crippen LogP contribution >= 0.6 is 12.6 Å². The molecule has 1 fully saturated rings. The number of amides is 1. The fourth-order valence-electron chi connectivity index (χ4n) is 2.94. The normalized spacial score (nSPS) is 19.4. The molecular formula is C17H25NOS. The van der Waals surface area contributed by atoms with Crippen molar-refractivity contribution in [3.63, 3.8) is 0 Å². The van der Waals surface area contributed by atoms with Crippen molar-refractivity contribution < 1.29 is 4.79 Å². The minimum absolute atomic E-state index is 0.249. The van der Waals surface area contributed by atoms with Crippen molar-refractivity contribution in [3.8, 4) is 0 Å². The number of carbonyl (C=O) groups is 1. The molecule has 0 aliphatic carbocycles. The van der Waals surface area contributed by atoms with Gasteiger partial charge in [0.15, 0.2) is 0 Å². The molecule has 0 bridgehead atoms. The van der Waals surface area contributed by atoms with Crippen molar-refractivity contribution in [1.82, 2.24) is 0 Å². The molecule has 2 rings (SSSR count). The molecule has 1 aromatic carbocycles. The molecule has 0 saturated carbocycles. The van der Waals surface area contributed by atoms with Gasteiger partial charge in [0.1, 0.15) is 0 Å². The number of benzene rings is 1. The fourth-order valence-corrected chi connectivity index (χ4v) is 3.19. The molecule has 1 saturated heterocycles. The highest BCUT2D eigenvalue weighted by Crippen LogP contribution is 2.38. The molecule has 20 heavy (non-hydrogen) atoms. The maximum Gasteiger partial charge on any atom is 0.227 e. The molecule has 3 heteroatoms. The lowest BCUT2D eigenvalue weighted by Gasteiger charge is -2.27. The fraction of sp³-hybridized carbons (Fsp3) is 0.588. The Morgan fingerprint density at radius 3 is 2.15 bits per heavy atom. The summed E-state index contributed by atoms with van der Waals surface area (Å²) < 4.78 is 0. The minimum atomic E-state index is 0.249. The second-order valence-corrected chi connectivity index (χ2v) is 6.72. The zero-order chi connectivity index (χ0) is 14.9. The van der Waals surface area contributed by atoms with Gasteiger partial charge in [0.2, 0.25) is 5.91 Å². The van der Waals surface area contributed by atoms with Gasteiger partial charge in [-0.2, -0.15) is 12.6 Å². The van der Waals surface area contributed by atoms with Crippen molar-refractivity contribution in [2.45, 2.75) is 46.0 Å². The summed E-state index contributed by atoms with van der Waals surface area (Å²) in [6.07, 6.45) is 0.632. The molecular weight excluding hydrogens is 266 g/mol. The third-order valence-electron chi connectivity index (χ3n) is 4.08. The van der Waals surface area contributed by atoms with Crippen LogP contribution < -0.4 is 4.90 Å². The zero-order valence-corrected chi connectivity index (χ0v) is 13.8. The summed E-state index contributed by atoms with van der Waals surface area (Å²) in [5.74, 6) is 2.26. The third-order valence-corrected chi connectivity index (χ3v) is 4.59. The van der Waals surface area contributed by atoms with Gasteiger partial charge in [-0.25, -0.2) is 0 Å². The molecule has 1 heterocycles. The lowest BCUT2D eigenvalue weighted by molar-refractivity contribution is -0.117. The van der Waals surface area contributed by atoms with Crippen LogP contribution in [0.1, 0.15) is 57.1 Å². The summed E-state index contributed by atoms with van der Waals surface area (Å²) in [7, 11) is 0. The summed E-state index contributed by atoms with van der Waals surface area (Å²) in [6.45, 7) is 9.59. The highest BCUT2D eigenvalue weighted by Gasteiger charge is 2.32. The van der Waals surface area contributed by atoms with Crippen LogP contribution in [0.5, 0.6) is 0 Å². The van der Waals surface area contributed by atoms with E-state index in [1.165, 1.54) is 11.1 Å². The summed E-state index contributed by atoms with van der Waals surface area (Å²) in [5.41, 5.74) is 3.72. The van der Waals surface area contributed by atoms with Crippen molar-refractivity contribution in [1.29, 1.82) is 0 Å². The topological polar surface area (TPSA) is 20.3 Å². The summed E-state index contributed by atoms with van der Waals surface area (Å²) >= 11 is 4.36. The Morgan fingerprint density at radius 1 is 1.20 bits per heavy atom. The van der Waals surface area contributed by atoms with Gasteiger partial charge in [-0.05, 0) is 34.6 Å². The van der Waals surface area contributed by atoms with Gasteiger partial charge < -0.3 is 4.90 Å². The van der Waals surface area contributed by atoms with E-state index in [0.717, 1.165) is 18.0 Å². The van der Waals surface area contributed by atoms with E-state index < -0.39 is 0 Å². The first-order valence-corrected chi connectivity index (χ1v) is 8.13. The number of carbonyl (C=O) groups excluding carboxylic acids is 1. The van der Waals surface area contributed by atoms with Gasteiger partial charge in [-0.15, -0.1) is 0 Å². The second-order valence-electron chi connectivity index (χ2n) is 6.35. The highest BCUT2D eigenvalue weighted by atomic mass is 32.1. The average molecular weight is 291 g/mol. The summed E-state index contributed by atoms with van der Waals surface area (Å²) in [4.78, 5) is 14.4. The third kappa shape index (κ3) is 2.88. The van der Waals surface area contributed by atoms with Gasteiger partial charge in [-0.3, -0.25) is 4.79 Å². The molecule has 1 aromatic rings. The van der Waals surface area contributed by atoms with E-state index in [4.69, 9.17) is 0 Å². The van der Waals surface area contributed by atoms with Crippen LogP contribution in [0.2, 0.25) is 0 Å². The molecule has 2 nitrogen and oxygen atoms in total. The van der Waals surface area contributed by atoms with Crippen molar-refractivity contribution in [2.24, 2.45) is 5.92 Å². The van der Waals surface area contributed by atoms with E-state index >= 15 is 0 Å². The molecule has 1 aliphatic heterocycles. The molecule has 1 atom stereocenters. The van der Waals surface area contributed by atoms with E-state index in [1.54, 1.807) is 0 Å². The predicted molar refractivity (Wildman–Crippen MR) is 88.9 cm³/mol. The van der Waals surface area contributed by atoms with Crippen molar-refractivity contribution >= 4 is 24.2 Å². The Kier molecular flexibility index (Phi) is 4.79. The SMILES string of the molecule is CC(C)c1cccc(C(C)C)c1N1CC(CS)CC1=O. The predicted octanol–water partition coefficient (Wildman–Crippen LogP) is 4.22. The Morgan fingerprint density at radius 2 is 1.75 bits per heavy atom. The van der Waals surface area contributed by atoms with Crippen LogP contribution in [-0.4, -0.2) is 18.2 Å². The van der Waals surface area contributed by atoms with Crippen LogP contribution in [-0.2, 0) is 4.79 Å². The van der Waals surface area contributed by atoms with Crippen molar-refractivity contribution in [3.05, 3.63) is 29.3 Å². The van der Waals surface area contributed by atoms with Crippen LogP contribution in [0, 0.1) is 5.92 Å². The van der Waals surface area contributed by atoms with Crippen LogP contribution in [0.25, 0.3) is 0 Å². The maximum absolute atomic E-state index is 12.4. The number of para-hydroxylation sites is 1. The largest absolute Gasteiger partial charge is 0.312 e. The molecule has 1 unspecified atom stereocenters. The summed E-state index contributed by atoms with van der Waals surface area (Å²) in [5, 5.41) is 0. The number of thiol groups is 1. The molecule has 1 amide bonds. The highest BCUT2D eigenvalue weighted by molar-refractivity contribution is 7.80.